The van der Waals surface area contributed by atoms with Gasteiger partial charge in [-0.15, -0.1) is 0 Å². The minimum absolute atomic E-state index is 0.797. The Morgan fingerprint density at radius 3 is 1.18 bits per heavy atom. The van der Waals surface area contributed by atoms with E-state index in [1.165, 1.54) is 43.6 Å². The number of aromatic nitrogens is 6. The molecule has 0 aliphatic heterocycles. The van der Waals surface area contributed by atoms with Gasteiger partial charge in [0.05, 0.1) is 49.7 Å². The van der Waals surface area contributed by atoms with Crippen molar-refractivity contribution < 1.29 is 0 Å². The molecule has 5 heterocycles. The molecule has 0 aliphatic carbocycles. The highest BCUT2D eigenvalue weighted by molar-refractivity contribution is 6.14. The van der Waals surface area contributed by atoms with Crippen LogP contribution in [0.1, 0.15) is 0 Å². The van der Waals surface area contributed by atoms with E-state index in [0.29, 0.717) is 0 Å². The van der Waals surface area contributed by atoms with Crippen LogP contribution < -0.4 is 0 Å². The summed E-state index contributed by atoms with van der Waals surface area (Å²) in [5.41, 5.74) is 12.8. The van der Waals surface area contributed by atoms with Crippen LogP contribution in [0.5, 0.6) is 0 Å². The number of rotatable bonds is 3. The summed E-state index contributed by atoms with van der Waals surface area (Å²) in [6, 6.07) is 65.3. The summed E-state index contributed by atoms with van der Waals surface area (Å²) in [4.78, 5) is 10.8. The second-order valence-corrected chi connectivity index (χ2v) is 14.7. The van der Waals surface area contributed by atoms with Crippen molar-refractivity contribution >= 4 is 93.0 Å². The minimum Gasteiger partial charge on any atom is -0.309 e. The predicted octanol–water partition coefficient (Wildman–Crippen LogP) is 12.3. The van der Waals surface area contributed by atoms with Crippen LogP contribution in [0.4, 0.5) is 0 Å². The Bertz CT molecular complexity index is 3500. The van der Waals surface area contributed by atoms with Crippen LogP contribution in [-0.2, 0) is 0 Å². The van der Waals surface area contributed by atoms with Crippen molar-refractivity contribution in [1.82, 2.24) is 28.1 Å². The molecule has 260 valence electrons. The molecule has 0 saturated carbocycles. The summed E-state index contributed by atoms with van der Waals surface area (Å²) in [6.45, 7) is 0. The Kier molecular flexibility index (Phi) is 5.80. The first-order chi connectivity index (χ1) is 27.8. The van der Waals surface area contributed by atoms with E-state index in [9.17, 15) is 0 Å². The van der Waals surface area contributed by atoms with E-state index in [2.05, 4.69) is 200 Å². The Hall–Kier alpha value is -7.70. The zero-order valence-corrected chi connectivity index (χ0v) is 30.0. The summed E-state index contributed by atoms with van der Waals surface area (Å²) < 4.78 is 9.40. The van der Waals surface area contributed by atoms with E-state index in [4.69, 9.17) is 9.97 Å². The maximum absolute atomic E-state index is 5.53. The fourth-order valence-electron chi connectivity index (χ4n) is 9.37. The van der Waals surface area contributed by atoms with Gasteiger partial charge < -0.3 is 9.13 Å². The summed E-state index contributed by atoms with van der Waals surface area (Å²) in [7, 11) is 0. The average Bonchev–Trinajstić information content (AvgIpc) is 4.00. The monoisotopic (exact) mass is 714 g/mol. The molecule has 5 aromatic heterocycles. The Labute approximate surface area is 319 Å². The quantitative estimate of drug-likeness (QED) is 0.183. The van der Waals surface area contributed by atoms with Gasteiger partial charge >= 0.3 is 0 Å². The zero-order chi connectivity index (χ0) is 36.5. The molecule has 0 N–H and O–H groups in total. The lowest BCUT2D eigenvalue weighted by molar-refractivity contribution is 0.977. The van der Waals surface area contributed by atoms with Gasteiger partial charge in [-0.1, -0.05) is 109 Å². The van der Waals surface area contributed by atoms with E-state index < -0.39 is 0 Å². The molecule has 0 radical (unpaired) electrons. The van der Waals surface area contributed by atoms with Gasteiger partial charge in [-0.2, -0.15) is 0 Å². The minimum atomic E-state index is 0.797. The standard InChI is InChI=1S/C50H30N6/c1-6-18-40-39(17-1)49-51-41-19-7-12-24-46(41)56(49)50(52-40)55-47-29-31(53-42-20-8-2-13-33(42)34-14-3-9-21-43(34)53)25-27-37(47)38-28-26-32(30-48(38)55)54-44-22-10-4-15-35(44)36-16-5-11-23-45(36)54/h1-30H. The second kappa shape index (κ2) is 10.9. The molecule has 0 atom stereocenters. The third-order valence-corrected chi connectivity index (χ3v) is 11.7. The molecule has 0 saturated heterocycles. The molecule has 0 spiro atoms. The molecule has 0 bridgehead atoms. The number of benzene rings is 8. The highest BCUT2D eigenvalue weighted by Crippen LogP contribution is 2.40. The molecule has 8 aromatic carbocycles. The molecule has 56 heavy (non-hydrogen) atoms. The number of nitrogens with zero attached hydrogens (tertiary/aromatic N) is 6. The van der Waals surface area contributed by atoms with Crippen molar-refractivity contribution in [3.05, 3.63) is 182 Å². The third kappa shape index (κ3) is 3.89. The molecule has 6 heteroatoms. The van der Waals surface area contributed by atoms with Crippen LogP contribution in [0.3, 0.4) is 0 Å². The van der Waals surface area contributed by atoms with Crippen LogP contribution in [0.2, 0.25) is 0 Å². The maximum Gasteiger partial charge on any atom is 0.221 e. The van der Waals surface area contributed by atoms with Crippen LogP contribution in [0, 0.1) is 0 Å². The van der Waals surface area contributed by atoms with Crippen molar-refractivity contribution in [3.63, 3.8) is 0 Å². The Morgan fingerprint density at radius 2 is 0.679 bits per heavy atom. The normalized spacial score (nSPS) is 12.3. The van der Waals surface area contributed by atoms with Gasteiger partial charge in [-0.25, -0.2) is 9.97 Å². The highest BCUT2D eigenvalue weighted by Gasteiger charge is 2.22. The van der Waals surface area contributed by atoms with E-state index in [0.717, 1.165) is 66.7 Å². The maximum atomic E-state index is 5.53. The fraction of sp³-hybridized carbons (Fsp3) is 0. The first kappa shape index (κ1) is 29.7. The van der Waals surface area contributed by atoms with Crippen molar-refractivity contribution in [1.29, 1.82) is 0 Å². The lowest BCUT2D eigenvalue weighted by Crippen LogP contribution is -2.07. The zero-order valence-electron chi connectivity index (χ0n) is 30.0. The van der Waals surface area contributed by atoms with Gasteiger partial charge in [-0.05, 0) is 72.8 Å². The van der Waals surface area contributed by atoms with Crippen LogP contribution in [0.25, 0.3) is 110 Å². The van der Waals surface area contributed by atoms with Crippen molar-refractivity contribution in [2.75, 3.05) is 0 Å². The summed E-state index contributed by atoms with van der Waals surface area (Å²) in [5, 5.41) is 8.29. The van der Waals surface area contributed by atoms with E-state index in [1.54, 1.807) is 0 Å². The molecular formula is C50H30N6. The summed E-state index contributed by atoms with van der Waals surface area (Å²) >= 11 is 0. The SMILES string of the molecule is c1ccc2c(c1)nc(-n1c3cc(-n4c5ccccc5c5ccccc54)ccc3c3ccc(-n4c5ccccc5c5ccccc54)cc31)n1c3ccccc3nc21. The van der Waals surface area contributed by atoms with Crippen LogP contribution in [-0.4, -0.2) is 28.1 Å². The van der Waals surface area contributed by atoms with E-state index in [-0.39, 0.29) is 0 Å². The number of hydrogen-bond donors (Lipinski definition) is 0. The third-order valence-electron chi connectivity index (χ3n) is 11.7. The topological polar surface area (TPSA) is 45.0 Å². The molecule has 6 nitrogen and oxygen atoms in total. The summed E-state index contributed by atoms with van der Waals surface area (Å²) in [5.74, 6) is 0.797. The Balaban J connectivity index is 1.20. The van der Waals surface area contributed by atoms with Crippen LogP contribution in [0.15, 0.2) is 182 Å². The number of hydrogen-bond acceptors (Lipinski definition) is 2. The van der Waals surface area contributed by atoms with Crippen molar-refractivity contribution in [2.24, 2.45) is 0 Å². The van der Waals surface area contributed by atoms with E-state index >= 15 is 0 Å². The first-order valence-corrected chi connectivity index (χ1v) is 19.0. The van der Waals surface area contributed by atoms with Gasteiger partial charge in [0, 0.05) is 49.1 Å². The van der Waals surface area contributed by atoms with Gasteiger partial charge in [0.1, 0.15) is 5.65 Å². The largest absolute Gasteiger partial charge is 0.309 e. The van der Waals surface area contributed by atoms with Crippen LogP contribution >= 0.6 is 0 Å². The average molecular weight is 715 g/mol. The molecule has 0 fully saturated rings. The molecule has 13 aromatic rings. The lowest BCUT2D eigenvalue weighted by Gasteiger charge is -2.14. The Morgan fingerprint density at radius 1 is 0.286 bits per heavy atom. The van der Waals surface area contributed by atoms with Gasteiger partial charge in [0.25, 0.3) is 0 Å². The number of para-hydroxylation sites is 7. The lowest BCUT2D eigenvalue weighted by atomic mass is 10.1. The highest BCUT2D eigenvalue weighted by atomic mass is 15.2. The molecule has 0 aliphatic rings. The predicted molar refractivity (Wildman–Crippen MR) is 231 cm³/mol. The second-order valence-electron chi connectivity index (χ2n) is 14.7. The smallest absolute Gasteiger partial charge is 0.221 e. The van der Waals surface area contributed by atoms with E-state index in [1.807, 2.05) is 0 Å². The number of fused-ring (bicyclic) bond motifs is 14. The van der Waals surface area contributed by atoms with Gasteiger partial charge in [-0.3, -0.25) is 8.97 Å². The van der Waals surface area contributed by atoms with Gasteiger partial charge in [0.15, 0.2) is 0 Å². The van der Waals surface area contributed by atoms with Crippen molar-refractivity contribution in [3.8, 4) is 17.3 Å². The van der Waals surface area contributed by atoms with Gasteiger partial charge in [0.2, 0.25) is 5.95 Å². The number of imidazole rings is 1. The fourth-order valence-corrected chi connectivity index (χ4v) is 9.37. The first-order valence-electron chi connectivity index (χ1n) is 19.0. The molecule has 0 unspecified atom stereocenters. The molecular weight excluding hydrogens is 685 g/mol. The van der Waals surface area contributed by atoms with Crippen molar-refractivity contribution in [2.45, 2.75) is 0 Å². The molecule has 0 amide bonds. The molecule has 13 rings (SSSR count). The summed E-state index contributed by atoms with van der Waals surface area (Å²) in [6.07, 6.45) is 0.